The fraction of sp³-hybridized carbons (Fsp3) is 0.222. The van der Waals surface area contributed by atoms with Gasteiger partial charge >= 0.3 is 5.97 Å². The maximum atomic E-state index is 10.6. The summed E-state index contributed by atoms with van der Waals surface area (Å²) in [6.07, 6.45) is 0. The molecule has 0 radical (unpaired) electrons. The molecule has 0 bridgehead atoms. The van der Waals surface area contributed by atoms with Crippen molar-refractivity contribution in [3.05, 3.63) is 35.4 Å². The standard InChI is InChI=1S/C9H10O2S2/c10-9(11)7-3-1-2-6(4-7)8(13)5-12/h1-4,8,12-13H,5H2,(H,10,11). The molecule has 0 aliphatic carbocycles. The molecule has 4 heteroatoms. The van der Waals surface area contributed by atoms with E-state index in [0.29, 0.717) is 11.3 Å². The molecule has 0 amide bonds. The molecule has 1 N–H and O–H groups in total. The summed E-state index contributed by atoms with van der Waals surface area (Å²) in [4.78, 5) is 10.6. The third kappa shape index (κ3) is 2.67. The van der Waals surface area contributed by atoms with Crippen molar-refractivity contribution < 1.29 is 9.90 Å². The summed E-state index contributed by atoms with van der Waals surface area (Å²) in [5.41, 5.74) is 1.18. The average molecular weight is 214 g/mol. The molecule has 0 aliphatic rings. The SMILES string of the molecule is O=C(O)c1cccc(C(S)CS)c1. The van der Waals surface area contributed by atoms with Crippen LogP contribution in [0.1, 0.15) is 21.2 Å². The Bertz CT molecular complexity index is 312. The molecule has 70 valence electrons. The van der Waals surface area contributed by atoms with Gasteiger partial charge in [-0.1, -0.05) is 12.1 Å². The zero-order valence-corrected chi connectivity index (χ0v) is 8.63. The lowest BCUT2D eigenvalue weighted by Crippen LogP contribution is -1.99. The number of hydrogen-bond donors (Lipinski definition) is 3. The van der Waals surface area contributed by atoms with Crippen LogP contribution in [-0.4, -0.2) is 16.8 Å². The van der Waals surface area contributed by atoms with Crippen LogP contribution in [0, 0.1) is 0 Å². The normalized spacial score (nSPS) is 12.5. The summed E-state index contributed by atoms with van der Waals surface area (Å²) >= 11 is 8.35. The Labute approximate surface area is 87.8 Å². The van der Waals surface area contributed by atoms with Gasteiger partial charge in [0.2, 0.25) is 0 Å². The molecule has 1 aromatic carbocycles. The lowest BCUT2D eigenvalue weighted by atomic mass is 10.1. The van der Waals surface area contributed by atoms with Crippen LogP contribution < -0.4 is 0 Å². The van der Waals surface area contributed by atoms with Gasteiger partial charge in [0.1, 0.15) is 0 Å². The minimum absolute atomic E-state index is 0.0115. The molecule has 0 saturated carbocycles. The van der Waals surface area contributed by atoms with Crippen molar-refractivity contribution in [3.63, 3.8) is 0 Å². The van der Waals surface area contributed by atoms with Gasteiger partial charge in [-0.15, -0.1) is 0 Å². The first kappa shape index (κ1) is 10.5. The highest BCUT2D eigenvalue weighted by Crippen LogP contribution is 2.21. The van der Waals surface area contributed by atoms with Crippen molar-refractivity contribution in [1.29, 1.82) is 0 Å². The highest BCUT2D eigenvalue weighted by atomic mass is 32.1. The predicted molar refractivity (Wildman–Crippen MR) is 59.0 cm³/mol. The van der Waals surface area contributed by atoms with E-state index in [1.807, 2.05) is 6.07 Å². The van der Waals surface area contributed by atoms with Gasteiger partial charge in [0, 0.05) is 11.0 Å². The van der Waals surface area contributed by atoms with Crippen molar-refractivity contribution >= 4 is 31.2 Å². The number of aromatic carboxylic acids is 1. The summed E-state index contributed by atoms with van der Waals surface area (Å²) in [5, 5.41) is 8.71. The third-order valence-electron chi connectivity index (χ3n) is 1.69. The van der Waals surface area contributed by atoms with Gasteiger partial charge < -0.3 is 5.11 Å². The Balaban J connectivity index is 2.98. The van der Waals surface area contributed by atoms with Crippen LogP contribution in [0.2, 0.25) is 0 Å². The van der Waals surface area contributed by atoms with Crippen LogP contribution in [0.3, 0.4) is 0 Å². The van der Waals surface area contributed by atoms with E-state index in [2.05, 4.69) is 25.3 Å². The first-order valence-corrected chi connectivity index (χ1v) is 4.92. The Morgan fingerprint density at radius 1 is 1.54 bits per heavy atom. The van der Waals surface area contributed by atoms with E-state index in [9.17, 15) is 4.79 Å². The molecule has 0 aliphatic heterocycles. The number of carboxylic acids is 1. The van der Waals surface area contributed by atoms with Crippen LogP contribution in [-0.2, 0) is 0 Å². The average Bonchev–Trinajstić information content (AvgIpc) is 2.17. The van der Waals surface area contributed by atoms with Gasteiger partial charge in [0.05, 0.1) is 5.56 Å². The maximum Gasteiger partial charge on any atom is 0.335 e. The Morgan fingerprint density at radius 3 is 2.77 bits per heavy atom. The molecule has 1 unspecified atom stereocenters. The third-order valence-corrected chi connectivity index (χ3v) is 2.83. The van der Waals surface area contributed by atoms with E-state index in [4.69, 9.17) is 5.11 Å². The second-order valence-electron chi connectivity index (χ2n) is 2.63. The number of hydrogen-bond acceptors (Lipinski definition) is 3. The smallest absolute Gasteiger partial charge is 0.335 e. The van der Waals surface area contributed by atoms with E-state index in [0.717, 1.165) is 5.56 Å². The molecule has 1 rings (SSSR count). The summed E-state index contributed by atoms with van der Waals surface area (Å²) in [5.74, 6) is -0.326. The Morgan fingerprint density at radius 2 is 2.23 bits per heavy atom. The number of thiol groups is 2. The van der Waals surface area contributed by atoms with Crippen molar-refractivity contribution in [2.75, 3.05) is 5.75 Å². The van der Waals surface area contributed by atoms with E-state index < -0.39 is 5.97 Å². The zero-order valence-electron chi connectivity index (χ0n) is 6.84. The van der Waals surface area contributed by atoms with Crippen LogP contribution in [0.5, 0.6) is 0 Å². The van der Waals surface area contributed by atoms with Gasteiger partial charge in [-0.2, -0.15) is 25.3 Å². The van der Waals surface area contributed by atoms with Crippen molar-refractivity contribution in [2.24, 2.45) is 0 Å². The first-order valence-electron chi connectivity index (χ1n) is 3.77. The number of carboxylic acid groups (broad SMARTS) is 1. The molecule has 0 fully saturated rings. The lowest BCUT2D eigenvalue weighted by Gasteiger charge is -2.07. The van der Waals surface area contributed by atoms with E-state index >= 15 is 0 Å². The minimum Gasteiger partial charge on any atom is -0.478 e. The van der Waals surface area contributed by atoms with E-state index in [-0.39, 0.29) is 5.25 Å². The predicted octanol–water partition coefficient (Wildman–Crippen LogP) is 2.29. The lowest BCUT2D eigenvalue weighted by molar-refractivity contribution is 0.0697. The van der Waals surface area contributed by atoms with Crippen molar-refractivity contribution in [1.82, 2.24) is 0 Å². The van der Waals surface area contributed by atoms with Gasteiger partial charge in [0.15, 0.2) is 0 Å². The number of carbonyl (C=O) groups is 1. The molecule has 2 nitrogen and oxygen atoms in total. The van der Waals surface area contributed by atoms with Gasteiger partial charge in [-0.05, 0) is 17.7 Å². The highest BCUT2D eigenvalue weighted by Gasteiger charge is 2.07. The molecular weight excluding hydrogens is 204 g/mol. The van der Waals surface area contributed by atoms with Crippen LogP contribution in [0.4, 0.5) is 0 Å². The van der Waals surface area contributed by atoms with Crippen molar-refractivity contribution in [3.8, 4) is 0 Å². The zero-order chi connectivity index (χ0) is 9.84. The fourth-order valence-corrected chi connectivity index (χ4v) is 1.36. The van der Waals surface area contributed by atoms with E-state index in [1.165, 1.54) is 0 Å². The maximum absolute atomic E-state index is 10.6. The Hall–Kier alpha value is -0.610. The molecule has 1 atom stereocenters. The quantitative estimate of drug-likeness (QED) is 0.675. The summed E-state index contributed by atoms with van der Waals surface area (Å²) in [6, 6.07) is 6.74. The van der Waals surface area contributed by atoms with Crippen LogP contribution in [0.15, 0.2) is 24.3 Å². The summed E-state index contributed by atoms with van der Waals surface area (Å²) < 4.78 is 0. The molecule has 0 aromatic heterocycles. The number of rotatable bonds is 3. The van der Waals surface area contributed by atoms with Crippen LogP contribution >= 0.6 is 25.3 Å². The first-order chi connectivity index (χ1) is 6.15. The van der Waals surface area contributed by atoms with Gasteiger partial charge in [0.25, 0.3) is 0 Å². The molecule has 1 aromatic rings. The second kappa shape index (κ2) is 4.58. The summed E-state index contributed by atoms with van der Waals surface area (Å²) in [6.45, 7) is 0. The van der Waals surface area contributed by atoms with Gasteiger partial charge in [-0.25, -0.2) is 4.79 Å². The molecule has 0 spiro atoms. The molecule has 0 heterocycles. The topological polar surface area (TPSA) is 37.3 Å². The fourth-order valence-electron chi connectivity index (χ4n) is 0.984. The molecule has 0 saturated heterocycles. The largest absolute Gasteiger partial charge is 0.478 e. The second-order valence-corrected chi connectivity index (χ2v) is 3.62. The monoisotopic (exact) mass is 214 g/mol. The highest BCUT2D eigenvalue weighted by molar-refractivity contribution is 7.84. The molecule has 13 heavy (non-hydrogen) atoms. The Kier molecular flexibility index (Phi) is 3.69. The van der Waals surface area contributed by atoms with E-state index in [1.54, 1.807) is 18.2 Å². The summed E-state index contributed by atoms with van der Waals surface area (Å²) in [7, 11) is 0. The minimum atomic E-state index is -0.915. The van der Waals surface area contributed by atoms with Crippen LogP contribution in [0.25, 0.3) is 0 Å². The van der Waals surface area contributed by atoms with Gasteiger partial charge in [-0.3, -0.25) is 0 Å². The molecular formula is C9H10O2S2. The number of benzene rings is 1. The van der Waals surface area contributed by atoms with Crippen molar-refractivity contribution in [2.45, 2.75) is 5.25 Å².